The molecule has 0 aliphatic carbocycles. The fourth-order valence-corrected chi connectivity index (χ4v) is 3.07. The number of hydrogen-bond donors (Lipinski definition) is 3. The number of fused-ring (bicyclic) bond motifs is 1. The van der Waals surface area contributed by atoms with Crippen LogP contribution in [0.1, 0.15) is 11.1 Å². The van der Waals surface area contributed by atoms with E-state index in [4.69, 9.17) is 4.74 Å². The van der Waals surface area contributed by atoms with Gasteiger partial charge in [-0.2, -0.15) is 0 Å². The Balaban J connectivity index is 1.32. The highest BCUT2D eigenvalue weighted by Crippen LogP contribution is 2.18. The molecular formula is C22H21N5O2. The standard InChI is InChI=1S/C22H21N5O2/c1-29-17-8-6-15(7-9-17)13-24-20-10-11-21(27-26-20)25-22(28)12-16-14-23-19-5-3-2-4-18(16)19/h2-11,14,23H,12-13H2,1H3,(H,24,26)(H,25,27,28). The molecule has 7 nitrogen and oxygen atoms in total. The fourth-order valence-electron chi connectivity index (χ4n) is 3.07. The molecule has 0 radical (unpaired) electrons. The van der Waals surface area contributed by atoms with Crippen LogP contribution in [0.4, 0.5) is 11.6 Å². The topological polar surface area (TPSA) is 91.9 Å². The highest BCUT2D eigenvalue weighted by molar-refractivity contribution is 5.95. The zero-order chi connectivity index (χ0) is 20.1. The van der Waals surface area contributed by atoms with Gasteiger partial charge in [-0.3, -0.25) is 4.79 Å². The zero-order valence-electron chi connectivity index (χ0n) is 16.0. The minimum atomic E-state index is -0.136. The Kier molecular flexibility index (Phi) is 5.38. The lowest BCUT2D eigenvalue weighted by Gasteiger charge is -2.07. The van der Waals surface area contributed by atoms with E-state index in [-0.39, 0.29) is 12.3 Å². The van der Waals surface area contributed by atoms with Gasteiger partial charge in [0.25, 0.3) is 0 Å². The summed E-state index contributed by atoms with van der Waals surface area (Å²) in [5.41, 5.74) is 3.06. The third-order valence-corrected chi connectivity index (χ3v) is 4.59. The normalized spacial score (nSPS) is 10.7. The number of aromatic nitrogens is 3. The number of aromatic amines is 1. The fraction of sp³-hybridized carbons (Fsp3) is 0.136. The number of anilines is 2. The van der Waals surface area contributed by atoms with E-state index in [9.17, 15) is 4.79 Å². The van der Waals surface area contributed by atoms with Crippen molar-refractivity contribution in [2.24, 2.45) is 0 Å². The van der Waals surface area contributed by atoms with Crippen LogP contribution in [0.3, 0.4) is 0 Å². The number of hydrogen-bond acceptors (Lipinski definition) is 5. The zero-order valence-corrected chi connectivity index (χ0v) is 16.0. The first-order chi connectivity index (χ1) is 14.2. The van der Waals surface area contributed by atoms with E-state index in [1.54, 1.807) is 19.2 Å². The molecule has 4 rings (SSSR count). The van der Waals surface area contributed by atoms with Gasteiger partial charge in [-0.1, -0.05) is 30.3 Å². The van der Waals surface area contributed by atoms with E-state index in [1.165, 1.54) is 0 Å². The minimum Gasteiger partial charge on any atom is -0.497 e. The first-order valence-corrected chi connectivity index (χ1v) is 9.26. The lowest BCUT2D eigenvalue weighted by atomic mass is 10.1. The number of methoxy groups -OCH3 is 1. The van der Waals surface area contributed by atoms with Crippen molar-refractivity contribution in [3.05, 3.63) is 78.0 Å². The first-order valence-electron chi connectivity index (χ1n) is 9.26. The predicted molar refractivity (Wildman–Crippen MR) is 113 cm³/mol. The summed E-state index contributed by atoms with van der Waals surface area (Å²) >= 11 is 0. The highest BCUT2D eigenvalue weighted by Gasteiger charge is 2.09. The van der Waals surface area contributed by atoms with Gasteiger partial charge in [0.05, 0.1) is 13.5 Å². The molecule has 29 heavy (non-hydrogen) atoms. The molecule has 0 fully saturated rings. The maximum absolute atomic E-state index is 12.4. The van der Waals surface area contributed by atoms with E-state index in [2.05, 4.69) is 25.8 Å². The summed E-state index contributed by atoms with van der Waals surface area (Å²) in [6.45, 7) is 0.616. The third kappa shape index (κ3) is 4.52. The third-order valence-electron chi connectivity index (χ3n) is 4.59. The number of nitrogens with zero attached hydrogens (tertiary/aromatic N) is 2. The van der Waals surface area contributed by atoms with Gasteiger partial charge in [-0.25, -0.2) is 0 Å². The molecule has 0 aliphatic rings. The van der Waals surface area contributed by atoms with Crippen molar-refractivity contribution in [2.75, 3.05) is 17.7 Å². The van der Waals surface area contributed by atoms with Crippen molar-refractivity contribution in [1.82, 2.24) is 15.2 Å². The van der Waals surface area contributed by atoms with Crippen molar-refractivity contribution in [3.8, 4) is 5.75 Å². The van der Waals surface area contributed by atoms with Crippen LogP contribution < -0.4 is 15.4 Å². The Labute approximate surface area is 168 Å². The number of rotatable bonds is 7. The lowest BCUT2D eigenvalue weighted by molar-refractivity contribution is -0.115. The molecular weight excluding hydrogens is 366 g/mol. The Bertz CT molecular complexity index is 1100. The van der Waals surface area contributed by atoms with Crippen molar-refractivity contribution in [3.63, 3.8) is 0 Å². The van der Waals surface area contributed by atoms with Crippen molar-refractivity contribution in [1.29, 1.82) is 0 Å². The highest BCUT2D eigenvalue weighted by atomic mass is 16.5. The second-order valence-electron chi connectivity index (χ2n) is 6.59. The van der Waals surface area contributed by atoms with E-state index in [0.29, 0.717) is 18.2 Å². The van der Waals surface area contributed by atoms with Gasteiger partial charge in [0.2, 0.25) is 5.91 Å². The molecule has 0 saturated heterocycles. The van der Waals surface area contributed by atoms with Gasteiger partial charge in [-0.15, -0.1) is 10.2 Å². The molecule has 0 aliphatic heterocycles. The molecule has 0 atom stereocenters. The summed E-state index contributed by atoms with van der Waals surface area (Å²) < 4.78 is 5.15. The van der Waals surface area contributed by atoms with Crippen LogP contribution in [-0.4, -0.2) is 28.2 Å². The first kappa shape index (κ1) is 18.5. The van der Waals surface area contributed by atoms with Gasteiger partial charge < -0.3 is 20.4 Å². The number of amides is 1. The van der Waals surface area contributed by atoms with Gasteiger partial charge in [0.1, 0.15) is 11.6 Å². The van der Waals surface area contributed by atoms with Crippen LogP contribution in [0, 0.1) is 0 Å². The summed E-state index contributed by atoms with van der Waals surface area (Å²) in [5, 5.41) is 15.2. The van der Waals surface area contributed by atoms with Crippen LogP contribution in [0.25, 0.3) is 10.9 Å². The minimum absolute atomic E-state index is 0.136. The van der Waals surface area contributed by atoms with Crippen molar-refractivity contribution in [2.45, 2.75) is 13.0 Å². The molecule has 2 aromatic carbocycles. The molecule has 0 spiro atoms. The molecule has 2 heterocycles. The maximum Gasteiger partial charge on any atom is 0.230 e. The SMILES string of the molecule is COc1ccc(CNc2ccc(NC(=O)Cc3c[nH]c4ccccc34)nn2)cc1. The molecule has 146 valence electrons. The van der Waals surface area contributed by atoms with Gasteiger partial charge in [0, 0.05) is 23.6 Å². The van der Waals surface area contributed by atoms with Crippen molar-refractivity contribution < 1.29 is 9.53 Å². The molecule has 3 N–H and O–H groups in total. The monoisotopic (exact) mass is 387 g/mol. The number of benzene rings is 2. The number of para-hydroxylation sites is 1. The van der Waals surface area contributed by atoms with E-state index >= 15 is 0 Å². The number of H-pyrrole nitrogens is 1. The summed E-state index contributed by atoms with van der Waals surface area (Å²) in [5.74, 6) is 1.74. The molecule has 0 unspecified atom stereocenters. The summed E-state index contributed by atoms with van der Waals surface area (Å²) in [4.78, 5) is 15.5. The summed E-state index contributed by atoms with van der Waals surface area (Å²) in [6.07, 6.45) is 2.13. The maximum atomic E-state index is 12.4. The second kappa shape index (κ2) is 8.43. The van der Waals surface area contributed by atoms with E-state index < -0.39 is 0 Å². The quantitative estimate of drug-likeness (QED) is 0.449. The van der Waals surface area contributed by atoms with Crippen LogP contribution in [0.15, 0.2) is 66.9 Å². The van der Waals surface area contributed by atoms with Crippen molar-refractivity contribution >= 4 is 28.4 Å². The number of carbonyl (C=O) groups excluding carboxylic acids is 1. The number of ether oxygens (including phenoxy) is 1. The lowest BCUT2D eigenvalue weighted by Crippen LogP contribution is -2.15. The summed E-state index contributed by atoms with van der Waals surface area (Å²) in [6, 6.07) is 19.2. The molecule has 1 amide bonds. The van der Waals surface area contributed by atoms with E-state index in [1.807, 2.05) is 54.7 Å². The average Bonchev–Trinajstić information content (AvgIpc) is 3.16. The Morgan fingerprint density at radius 2 is 1.76 bits per heavy atom. The molecule has 2 aromatic heterocycles. The summed E-state index contributed by atoms with van der Waals surface area (Å²) in [7, 11) is 1.64. The largest absolute Gasteiger partial charge is 0.497 e. The van der Waals surface area contributed by atoms with Gasteiger partial charge >= 0.3 is 0 Å². The smallest absolute Gasteiger partial charge is 0.230 e. The van der Waals surface area contributed by atoms with Crippen LogP contribution in [0.2, 0.25) is 0 Å². The van der Waals surface area contributed by atoms with Crippen LogP contribution in [-0.2, 0) is 17.8 Å². The predicted octanol–water partition coefficient (Wildman–Crippen LogP) is 3.76. The Hall–Kier alpha value is -3.87. The molecule has 4 aromatic rings. The van der Waals surface area contributed by atoms with Gasteiger partial charge in [0.15, 0.2) is 5.82 Å². The average molecular weight is 387 g/mol. The Morgan fingerprint density at radius 1 is 1.00 bits per heavy atom. The molecule has 7 heteroatoms. The Morgan fingerprint density at radius 3 is 2.52 bits per heavy atom. The van der Waals surface area contributed by atoms with Crippen LogP contribution >= 0.6 is 0 Å². The molecule has 0 saturated carbocycles. The van der Waals surface area contributed by atoms with Crippen LogP contribution in [0.5, 0.6) is 5.75 Å². The number of nitrogens with one attached hydrogen (secondary N) is 3. The second-order valence-corrected chi connectivity index (χ2v) is 6.59. The van der Waals surface area contributed by atoms with E-state index in [0.717, 1.165) is 27.8 Å². The number of carbonyl (C=O) groups is 1. The van der Waals surface area contributed by atoms with Gasteiger partial charge in [-0.05, 0) is 41.5 Å². The molecule has 0 bridgehead atoms.